The number of benzene rings is 2. The Kier molecular flexibility index (Phi) is 8.44. The van der Waals surface area contributed by atoms with Gasteiger partial charge < -0.3 is 30.3 Å². The third-order valence-electron chi connectivity index (χ3n) is 6.54. The van der Waals surface area contributed by atoms with Gasteiger partial charge in [0.2, 0.25) is 11.8 Å². The van der Waals surface area contributed by atoms with Crippen molar-refractivity contribution in [3.8, 4) is 0 Å². The molecule has 0 spiro atoms. The number of hydrogen-bond donors (Lipinski definition) is 2. The summed E-state index contributed by atoms with van der Waals surface area (Å²) in [5, 5.41) is 3.28. The van der Waals surface area contributed by atoms with Crippen molar-refractivity contribution in [1.82, 2.24) is 4.90 Å². The molecule has 0 radical (unpaired) electrons. The second-order valence-electron chi connectivity index (χ2n) is 9.06. The SMILES string of the molecule is COCC(=O)N1CCN(c2ccc(N3CC(CNc4ccccc4CCC(N)=O)OC3=O)cc2F)CC1. The van der Waals surface area contributed by atoms with Crippen molar-refractivity contribution in [2.24, 2.45) is 5.73 Å². The summed E-state index contributed by atoms with van der Waals surface area (Å²) in [7, 11) is 1.48. The standard InChI is InChI=1S/C26H32FN5O5/c1-36-17-25(34)31-12-10-30(11-13-31)23-8-7-19(14-21(23)27)32-16-20(37-26(32)35)15-29-22-5-3-2-4-18(22)6-9-24(28)33/h2-5,7-8,14,20,29H,6,9-13,15-17H2,1H3,(H2,28,33). The lowest BCUT2D eigenvalue weighted by Gasteiger charge is -2.36. The minimum Gasteiger partial charge on any atom is -0.442 e. The number of carbonyl (C=O) groups is 3. The van der Waals surface area contributed by atoms with Gasteiger partial charge in [0.25, 0.3) is 0 Å². The number of nitrogens with two attached hydrogens (primary N) is 1. The number of methoxy groups -OCH3 is 1. The van der Waals surface area contributed by atoms with Crippen LogP contribution in [-0.2, 0) is 25.5 Å². The number of para-hydroxylation sites is 1. The molecule has 198 valence electrons. The normalized spacial score (nSPS) is 17.6. The van der Waals surface area contributed by atoms with Gasteiger partial charge in [-0.1, -0.05) is 18.2 Å². The van der Waals surface area contributed by atoms with E-state index in [1.54, 1.807) is 17.0 Å². The summed E-state index contributed by atoms with van der Waals surface area (Å²) in [4.78, 5) is 40.7. The average molecular weight is 514 g/mol. The van der Waals surface area contributed by atoms with Crippen LogP contribution in [0.4, 0.5) is 26.2 Å². The number of primary amides is 1. The molecule has 1 atom stereocenters. The molecule has 2 heterocycles. The molecule has 2 aromatic carbocycles. The number of halogens is 1. The zero-order valence-corrected chi connectivity index (χ0v) is 20.8. The van der Waals surface area contributed by atoms with Crippen LogP contribution in [0, 0.1) is 5.82 Å². The molecule has 2 aliphatic heterocycles. The van der Waals surface area contributed by atoms with Gasteiger partial charge in [-0.3, -0.25) is 14.5 Å². The van der Waals surface area contributed by atoms with Gasteiger partial charge in [-0.2, -0.15) is 0 Å². The van der Waals surface area contributed by atoms with Gasteiger partial charge in [-0.25, -0.2) is 9.18 Å². The molecule has 4 rings (SSSR count). The highest BCUT2D eigenvalue weighted by Crippen LogP contribution is 2.29. The molecule has 11 heteroatoms. The van der Waals surface area contributed by atoms with Crippen LogP contribution in [0.2, 0.25) is 0 Å². The monoisotopic (exact) mass is 513 g/mol. The largest absolute Gasteiger partial charge is 0.442 e. The lowest BCUT2D eigenvalue weighted by atomic mass is 10.1. The Balaban J connectivity index is 1.34. The van der Waals surface area contributed by atoms with Gasteiger partial charge in [0, 0.05) is 45.4 Å². The molecule has 2 aliphatic rings. The fourth-order valence-corrected chi connectivity index (χ4v) is 4.56. The third-order valence-corrected chi connectivity index (χ3v) is 6.54. The number of carbonyl (C=O) groups excluding carboxylic acids is 3. The van der Waals surface area contributed by atoms with Crippen molar-refractivity contribution in [2.45, 2.75) is 18.9 Å². The first kappa shape index (κ1) is 26.2. The van der Waals surface area contributed by atoms with Gasteiger partial charge in [-0.05, 0) is 36.2 Å². The van der Waals surface area contributed by atoms with E-state index in [1.165, 1.54) is 18.1 Å². The summed E-state index contributed by atoms with van der Waals surface area (Å²) < 4.78 is 25.5. The quantitative estimate of drug-likeness (QED) is 0.499. The second-order valence-corrected chi connectivity index (χ2v) is 9.06. The molecule has 37 heavy (non-hydrogen) atoms. The summed E-state index contributed by atoms with van der Waals surface area (Å²) in [6, 6.07) is 12.3. The van der Waals surface area contributed by atoms with E-state index in [4.69, 9.17) is 15.2 Å². The Labute approximate surface area is 215 Å². The fourth-order valence-electron chi connectivity index (χ4n) is 4.56. The van der Waals surface area contributed by atoms with Gasteiger partial charge in [0.05, 0.1) is 24.5 Å². The van der Waals surface area contributed by atoms with E-state index >= 15 is 4.39 Å². The van der Waals surface area contributed by atoms with Crippen LogP contribution >= 0.6 is 0 Å². The Morgan fingerprint density at radius 3 is 2.62 bits per heavy atom. The third kappa shape index (κ3) is 6.48. The molecular weight excluding hydrogens is 481 g/mol. The number of cyclic esters (lactones) is 1. The van der Waals surface area contributed by atoms with Gasteiger partial charge >= 0.3 is 6.09 Å². The smallest absolute Gasteiger partial charge is 0.414 e. The first-order valence-corrected chi connectivity index (χ1v) is 12.2. The number of nitrogens with one attached hydrogen (secondary N) is 1. The molecule has 1 unspecified atom stereocenters. The van der Waals surface area contributed by atoms with E-state index < -0.39 is 18.0 Å². The lowest BCUT2D eigenvalue weighted by Crippen LogP contribution is -2.50. The van der Waals surface area contributed by atoms with Crippen LogP contribution in [0.3, 0.4) is 0 Å². The maximum atomic E-state index is 15.1. The topological polar surface area (TPSA) is 117 Å². The van der Waals surface area contributed by atoms with Crippen molar-refractivity contribution < 1.29 is 28.2 Å². The van der Waals surface area contributed by atoms with Crippen molar-refractivity contribution in [3.63, 3.8) is 0 Å². The van der Waals surface area contributed by atoms with Gasteiger partial charge in [0.15, 0.2) is 0 Å². The van der Waals surface area contributed by atoms with Crippen LogP contribution in [0.5, 0.6) is 0 Å². The highest BCUT2D eigenvalue weighted by molar-refractivity contribution is 5.90. The molecule has 2 saturated heterocycles. The zero-order valence-electron chi connectivity index (χ0n) is 20.8. The van der Waals surface area contributed by atoms with E-state index in [9.17, 15) is 14.4 Å². The number of hydrogen-bond acceptors (Lipinski definition) is 7. The van der Waals surface area contributed by atoms with Crippen LogP contribution in [0.1, 0.15) is 12.0 Å². The Bertz CT molecular complexity index is 1140. The van der Waals surface area contributed by atoms with Crippen molar-refractivity contribution in [3.05, 3.63) is 53.8 Å². The highest BCUT2D eigenvalue weighted by atomic mass is 19.1. The first-order chi connectivity index (χ1) is 17.9. The molecule has 2 aromatic rings. The summed E-state index contributed by atoms with van der Waals surface area (Å²) in [5.41, 5.74) is 7.91. The van der Waals surface area contributed by atoms with Crippen molar-refractivity contribution in [1.29, 1.82) is 0 Å². The number of ether oxygens (including phenoxy) is 2. The first-order valence-electron chi connectivity index (χ1n) is 12.2. The molecule has 2 fully saturated rings. The van der Waals surface area contributed by atoms with Crippen LogP contribution in [-0.4, -0.2) is 81.9 Å². The summed E-state index contributed by atoms with van der Waals surface area (Å²) in [6.07, 6.45) is -0.212. The van der Waals surface area contributed by atoms with E-state index in [0.29, 0.717) is 50.5 Å². The summed E-state index contributed by atoms with van der Waals surface area (Å²) in [6.45, 7) is 2.66. The van der Waals surface area contributed by atoms with E-state index in [0.717, 1.165) is 11.3 Å². The molecule has 0 aliphatic carbocycles. The molecule has 10 nitrogen and oxygen atoms in total. The van der Waals surface area contributed by atoms with E-state index in [1.807, 2.05) is 29.2 Å². The molecule has 0 saturated carbocycles. The number of rotatable bonds is 10. The maximum absolute atomic E-state index is 15.1. The number of amides is 3. The van der Waals surface area contributed by atoms with Crippen molar-refractivity contribution in [2.75, 3.05) is 68.1 Å². The second kappa shape index (κ2) is 11.9. The fraction of sp³-hybridized carbons (Fsp3) is 0.423. The Morgan fingerprint density at radius 1 is 1.16 bits per heavy atom. The molecule has 0 bridgehead atoms. The Hall–Kier alpha value is -3.86. The average Bonchev–Trinajstić information content (AvgIpc) is 3.27. The number of anilines is 3. The van der Waals surface area contributed by atoms with Gasteiger partial charge in [-0.15, -0.1) is 0 Å². The van der Waals surface area contributed by atoms with E-state index in [-0.39, 0.29) is 31.4 Å². The van der Waals surface area contributed by atoms with E-state index in [2.05, 4.69) is 5.32 Å². The molecule has 3 N–H and O–H groups in total. The lowest BCUT2D eigenvalue weighted by molar-refractivity contribution is -0.135. The zero-order chi connectivity index (χ0) is 26.4. The van der Waals surface area contributed by atoms with Crippen LogP contribution in [0.25, 0.3) is 0 Å². The number of nitrogens with zero attached hydrogens (tertiary/aromatic N) is 3. The van der Waals surface area contributed by atoms with Crippen molar-refractivity contribution >= 4 is 35.0 Å². The molecular formula is C26H32FN5O5. The molecule has 3 amide bonds. The molecule has 0 aromatic heterocycles. The minimum atomic E-state index is -0.536. The highest BCUT2D eigenvalue weighted by Gasteiger charge is 2.33. The predicted molar refractivity (Wildman–Crippen MR) is 137 cm³/mol. The van der Waals surface area contributed by atoms with Crippen LogP contribution in [0.15, 0.2) is 42.5 Å². The minimum absolute atomic E-state index is 0.0350. The predicted octanol–water partition coefficient (Wildman–Crippen LogP) is 1.98. The number of aryl methyl sites for hydroxylation is 1. The number of piperazine rings is 1. The summed E-state index contributed by atoms with van der Waals surface area (Å²) in [5.74, 6) is -0.886. The summed E-state index contributed by atoms with van der Waals surface area (Å²) >= 11 is 0. The van der Waals surface area contributed by atoms with Gasteiger partial charge in [0.1, 0.15) is 18.5 Å². The Morgan fingerprint density at radius 2 is 1.92 bits per heavy atom. The maximum Gasteiger partial charge on any atom is 0.414 e. The van der Waals surface area contributed by atoms with Crippen LogP contribution < -0.4 is 20.9 Å².